The maximum Gasteiger partial charge on any atom is 0.436 e. The second-order valence-electron chi connectivity index (χ2n) is 8.97. The van der Waals surface area contributed by atoms with E-state index >= 15 is 0 Å². The number of aromatic nitrogens is 4. The van der Waals surface area contributed by atoms with Gasteiger partial charge >= 0.3 is 12.1 Å². The molecule has 0 bridgehead atoms. The molecule has 2 aromatic rings. The molecule has 3 atom stereocenters. The highest BCUT2D eigenvalue weighted by Gasteiger charge is 2.54. The average molecular weight is 609 g/mol. The van der Waals surface area contributed by atoms with Crippen molar-refractivity contribution < 1.29 is 32.7 Å². The number of hydrogen-bond acceptors (Lipinski definition) is 9. The number of nitrogens with zero attached hydrogens (tertiary/aromatic N) is 5. The predicted molar refractivity (Wildman–Crippen MR) is 134 cm³/mol. The minimum absolute atomic E-state index is 0.129. The highest BCUT2D eigenvalue weighted by molar-refractivity contribution is 8.01. The first-order valence-electron chi connectivity index (χ1n) is 11.4. The number of β-lactam (4-membered cyclic amide) rings is 1. The summed E-state index contributed by atoms with van der Waals surface area (Å²) < 4.78 is 41.9. The molecule has 2 N–H and O–H groups in total. The molecule has 4 heterocycles. The molecule has 2 aromatic heterocycles. The molecule has 1 aliphatic carbocycles. The van der Waals surface area contributed by atoms with Gasteiger partial charge in [0, 0.05) is 17.4 Å². The van der Waals surface area contributed by atoms with Crippen molar-refractivity contribution in [3.63, 3.8) is 0 Å². The van der Waals surface area contributed by atoms with Crippen LogP contribution in [0.2, 0.25) is 5.02 Å². The molecule has 0 radical (unpaired) electrons. The van der Waals surface area contributed by atoms with E-state index in [0.717, 1.165) is 14.6 Å². The maximum absolute atomic E-state index is 13.4. The van der Waals surface area contributed by atoms with Gasteiger partial charge in [-0.3, -0.25) is 19.2 Å². The Morgan fingerprint density at radius 3 is 2.61 bits per heavy atom. The summed E-state index contributed by atoms with van der Waals surface area (Å²) in [6, 6.07) is -2.20. The van der Waals surface area contributed by atoms with Crippen LogP contribution in [0.15, 0.2) is 15.6 Å². The number of nitrogens with one attached hydrogen (secondary N) is 1. The van der Waals surface area contributed by atoms with Crippen LogP contribution in [-0.2, 0) is 20.6 Å². The zero-order valence-corrected chi connectivity index (χ0v) is 23.0. The SMILES string of the molecule is Cc1nnc(SCC2=C(C(=O)O)N3C(=O)[C@H](NC(=O)[C@H](C)n4nc(C(F)(F)F)c(Cl)c4C4CC4)[C@@H]3SC2)s1. The molecule has 17 heteroatoms. The number of carboxylic acid groups (broad SMARTS) is 1. The van der Waals surface area contributed by atoms with E-state index in [0.29, 0.717) is 34.3 Å². The lowest BCUT2D eigenvalue weighted by atomic mass is 10.0. The number of fused-ring (bicyclic) bond motifs is 1. The van der Waals surface area contributed by atoms with Gasteiger partial charge in [-0.15, -0.1) is 22.0 Å². The van der Waals surface area contributed by atoms with Gasteiger partial charge in [0.25, 0.3) is 5.91 Å². The van der Waals surface area contributed by atoms with Crippen LogP contribution >= 0.6 is 46.5 Å². The monoisotopic (exact) mass is 608 g/mol. The fraction of sp³-hybridized carbons (Fsp3) is 0.524. The van der Waals surface area contributed by atoms with E-state index in [1.54, 1.807) is 0 Å². The molecule has 1 saturated heterocycles. The summed E-state index contributed by atoms with van der Waals surface area (Å²) in [7, 11) is 0. The number of aliphatic carboxylic acids is 1. The van der Waals surface area contributed by atoms with Gasteiger partial charge in [-0.2, -0.15) is 18.3 Å². The van der Waals surface area contributed by atoms with Crippen molar-refractivity contribution in [1.29, 1.82) is 0 Å². The lowest BCUT2D eigenvalue weighted by molar-refractivity contribution is -0.151. The summed E-state index contributed by atoms with van der Waals surface area (Å²) in [5.74, 6) is -2.18. The molecule has 2 amide bonds. The standard InChI is InChI=1S/C21H20ClF3N6O4S3/c1-7(31-13(9-3-4-9)11(22)15(29-31)21(23,24)25)16(32)26-12-17(33)30-14(19(34)35)10(5-36-18(12)30)6-37-20-28-27-8(2)38-20/h7,9,12,18H,3-6H2,1-2H3,(H,26,32)(H,34,35)/t7-,12-,18-/m0/s1. The number of aryl methyl sites for hydroxylation is 1. The number of thioether (sulfide) groups is 2. The summed E-state index contributed by atoms with van der Waals surface area (Å²) in [4.78, 5) is 39.2. The van der Waals surface area contributed by atoms with Crippen LogP contribution in [0.4, 0.5) is 13.2 Å². The quantitative estimate of drug-likeness (QED) is 0.340. The van der Waals surface area contributed by atoms with E-state index in [-0.39, 0.29) is 17.3 Å². The summed E-state index contributed by atoms with van der Waals surface area (Å²) in [6.45, 7) is 3.19. The van der Waals surface area contributed by atoms with Gasteiger partial charge in [-0.25, -0.2) is 4.79 Å². The van der Waals surface area contributed by atoms with E-state index in [4.69, 9.17) is 11.6 Å². The molecule has 0 unspecified atom stereocenters. The minimum Gasteiger partial charge on any atom is -0.477 e. The van der Waals surface area contributed by atoms with Gasteiger partial charge in [0.05, 0.1) is 10.7 Å². The van der Waals surface area contributed by atoms with Crippen LogP contribution in [-0.4, -0.2) is 70.7 Å². The third kappa shape index (κ3) is 4.91. The normalized spacial score (nSPS) is 22.3. The number of carbonyl (C=O) groups is 3. The van der Waals surface area contributed by atoms with Crippen LogP contribution in [0.3, 0.4) is 0 Å². The number of carboxylic acids is 1. The molecule has 2 aliphatic heterocycles. The van der Waals surface area contributed by atoms with Crippen molar-refractivity contribution in [2.45, 2.75) is 60.6 Å². The lowest BCUT2D eigenvalue weighted by Gasteiger charge is -2.49. The van der Waals surface area contributed by atoms with Gasteiger partial charge in [0.15, 0.2) is 10.0 Å². The van der Waals surface area contributed by atoms with E-state index in [1.165, 1.54) is 41.8 Å². The molecule has 10 nitrogen and oxygen atoms in total. The number of halogens is 4. The lowest BCUT2D eigenvalue weighted by Crippen LogP contribution is -2.71. The second-order valence-corrected chi connectivity index (χ2v) is 12.9. The summed E-state index contributed by atoms with van der Waals surface area (Å²) in [5.41, 5.74) is -0.683. The number of amides is 2. The Bertz CT molecular complexity index is 1360. The van der Waals surface area contributed by atoms with Crippen molar-refractivity contribution in [2.24, 2.45) is 0 Å². The number of alkyl halides is 3. The van der Waals surface area contributed by atoms with Gasteiger partial charge in [-0.1, -0.05) is 34.7 Å². The van der Waals surface area contributed by atoms with E-state index < -0.39 is 52.1 Å². The molecule has 5 rings (SSSR count). The fourth-order valence-corrected chi connectivity index (χ4v) is 7.98. The summed E-state index contributed by atoms with van der Waals surface area (Å²) in [6.07, 6.45) is -3.51. The zero-order valence-electron chi connectivity index (χ0n) is 19.8. The van der Waals surface area contributed by atoms with Crippen LogP contribution in [0, 0.1) is 6.92 Å². The highest BCUT2D eigenvalue weighted by Crippen LogP contribution is 2.48. The third-order valence-corrected chi connectivity index (χ3v) is 10.1. The van der Waals surface area contributed by atoms with E-state index in [2.05, 4.69) is 20.6 Å². The Balaban J connectivity index is 1.31. The molecule has 2 fully saturated rings. The first-order chi connectivity index (χ1) is 17.9. The van der Waals surface area contributed by atoms with Crippen molar-refractivity contribution in [1.82, 2.24) is 30.2 Å². The maximum atomic E-state index is 13.4. The van der Waals surface area contributed by atoms with Gasteiger partial charge in [0.2, 0.25) is 5.91 Å². The topological polar surface area (TPSA) is 130 Å². The van der Waals surface area contributed by atoms with Crippen LogP contribution in [0.5, 0.6) is 0 Å². The number of carbonyl (C=O) groups excluding carboxylic acids is 2. The molecule has 38 heavy (non-hydrogen) atoms. The van der Waals surface area contributed by atoms with Crippen LogP contribution in [0.25, 0.3) is 0 Å². The Morgan fingerprint density at radius 1 is 1.32 bits per heavy atom. The first-order valence-corrected chi connectivity index (χ1v) is 14.6. The Labute approximate surface area is 231 Å². The van der Waals surface area contributed by atoms with E-state index in [1.807, 2.05) is 6.92 Å². The summed E-state index contributed by atoms with van der Waals surface area (Å²) >= 11 is 10.0. The summed E-state index contributed by atoms with van der Waals surface area (Å²) in [5, 5.41) is 23.6. The Morgan fingerprint density at radius 2 is 2.03 bits per heavy atom. The minimum atomic E-state index is -4.78. The van der Waals surface area contributed by atoms with Crippen molar-refractivity contribution in [2.75, 3.05) is 11.5 Å². The predicted octanol–water partition coefficient (Wildman–Crippen LogP) is 3.68. The molecular weight excluding hydrogens is 589 g/mol. The largest absolute Gasteiger partial charge is 0.477 e. The van der Waals surface area contributed by atoms with Gasteiger partial charge in [-0.05, 0) is 32.3 Å². The smallest absolute Gasteiger partial charge is 0.436 e. The Hall–Kier alpha value is -2.30. The highest BCUT2D eigenvalue weighted by atomic mass is 35.5. The zero-order chi connectivity index (χ0) is 27.5. The van der Waals surface area contributed by atoms with Gasteiger partial charge < -0.3 is 10.4 Å². The van der Waals surface area contributed by atoms with Crippen molar-refractivity contribution in [3.05, 3.63) is 32.7 Å². The Kier molecular flexibility index (Phi) is 7.19. The molecular formula is C21H20ClF3N6O4S3. The van der Waals surface area contributed by atoms with Crippen LogP contribution < -0.4 is 5.32 Å². The number of rotatable bonds is 8. The molecule has 0 aromatic carbocycles. The third-order valence-electron chi connectivity index (χ3n) is 6.29. The first kappa shape index (κ1) is 27.3. The van der Waals surface area contributed by atoms with Crippen molar-refractivity contribution in [3.8, 4) is 0 Å². The van der Waals surface area contributed by atoms with E-state index in [9.17, 15) is 32.7 Å². The fourth-order valence-electron chi connectivity index (χ4n) is 4.29. The molecule has 1 saturated carbocycles. The molecule has 0 spiro atoms. The van der Waals surface area contributed by atoms with Crippen LogP contribution in [0.1, 0.15) is 48.1 Å². The molecule has 204 valence electrons. The van der Waals surface area contributed by atoms with Crippen molar-refractivity contribution >= 4 is 64.2 Å². The average Bonchev–Trinajstić information content (AvgIpc) is 3.50. The van der Waals surface area contributed by atoms with Gasteiger partial charge in [0.1, 0.15) is 28.2 Å². The number of hydrogen-bond donors (Lipinski definition) is 2. The second kappa shape index (κ2) is 10.0. The molecule has 3 aliphatic rings.